The summed E-state index contributed by atoms with van der Waals surface area (Å²) >= 11 is 0. The minimum absolute atomic E-state index is 0. The maximum absolute atomic E-state index is 12.9. The minimum atomic E-state index is -5.82. The number of nitro groups is 1. The molecule has 0 aliphatic rings. The van der Waals surface area contributed by atoms with Gasteiger partial charge >= 0.3 is 12.1 Å². The van der Waals surface area contributed by atoms with Crippen molar-refractivity contribution in [2.45, 2.75) is 18.1 Å². The van der Waals surface area contributed by atoms with Gasteiger partial charge in [0.2, 0.25) is 0 Å². The van der Waals surface area contributed by atoms with Crippen LogP contribution < -0.4 is 5.73 Å². The fourth-order valence-electron chi connectivity index (χ4n) is 1.22. The van der Waals surface area contributed by atoms with Crippen molar-refractivity contribution in [3.63, 3.8) is 0 Å². The first-order chi connectivity index (χ1) is 8.07. The van der Waals surface area contributed by atoms with Crippen molar-refractivity contribution < 1.29 is 26.9 Å². The zero-order valence-corrected chi connectivity index (χ0v) is 9.84. The van der Waals surface area contributed by atoms with Gasteiger partial charge in [0, 0.05) is 12.1 Å². The molecule has 0 radical (unpaired) electrons. The van der Waals surface area contributed by atoms with Gasteiger partial charge in [-0.05, 0) is 5.56 Å². The molecule has 2 N–H and O–H groups in total. The largest absolute Gasteiger partial charge is 0.455 e. The van der Waals surface area contributed by atoms with Gasteiger partial charge in [-0.15, -0.1) is 12.4 Å². The van der Waals surface area contributed by atoms with Gasteiger partial charge in [-0.2, -0.15) is 22.0 Å². The van der Waals surface area contributed by atoms with E-state index >= 15 is 0 Å². The monoisotopic (exact) mass is 306 g/mol. The molecule has 1 atom stereocenters. The minimum Gasteiger partial charge on any atom is -0.319 e. The average Bonchev–Trinajstić information content (AvgIpc) is 2.26. The first kappa shape index (κ1) is 17.5. The number of non-ortho nitro benzene ring substituents is 1. The van der Waals surface area contributed by atoms with Gasteiger partial charge in [-0.25, -0.2) is 0 Å². The Morgan fingerprint density at radius 3 is 2.16 bits per heavy atom. The molecule has 0 heterocycles. The van der Waals surface area contributed by atoms with Crippen LogP contribution in [-0.4, -0.2) is 17.0 Å². The van der Waals surface area contributed by atoms with Crippen LogP contribution in [0.25, 0.3) is 0 Å². The van der Waals surface area contributed by atoms with Crippen molar-refractivity contribution >= 4 is 18.1 Å². The Balaban J connectivity index is 0.00000324. The summed E-state index contributed by atoms with van der Waals surface area (Å²) in [5.74, 6) is -5.16. The Labute approximate surface area is 109 Å². The highest BCUT2D eigenvalue weighted by molar-refractivity contribution is 5.85. The second kappa shape index (κ2) is 5.66. The SMILES string of the molecule is Cl.N[C@H](c1cccc([N+](=O)[O-])c1)C(F)(F)C(F)(F)F. The number of nitro benzene ring substituents is 1. The molecule has 19 heavy (non-hydrogen) atoms. The topological polar surface area (TPSA) is 69.2 Å². The van der Waals surface area contributed by atoms with Crippen LogP contribution in [0, 0.1) is 10.1 Å². The second-order valence-corrected chi connectivity index (χ2v) is 3.45. The molecule has 0 aromatic heterocycles. The Morgan fingerprint density at radius 1 is 1.21 bits per heavy atom. The van der Waals surface area contributed by atoms with E-state index in [-0.39, 0.29) is 12.4 Å². The summed E-state index contributed by atoms with van der Waals surface area (Å²) in [6, 6.07) is 0.709. The fraction of sp³-hybridized carbons (Fsp3) is 0.333. The Kier molecular flexibility index (Phi) is 5.22. The van der Waals surface area contributed by atoms with Crippen LogP contribution in [-0.2, 0) is 0 Å². The molecule has 0 spiro atoms. The van der Waals surface area contributed by atoms with E-state index in [0.29, 0.717) is 6.07 Å². The van der Waals surface area contributed by atoms with Crippen LogP contribution >= 0.6 is 12.4 Å². The van der Waals surface area contributed by atoms with Crippen molar-refractivity contribution in [3.8, 4) is 0 Å². The molecule has 0 aliphatic carbocycles. The van der Waals surface area contributed by atoms with Crippen molar-refractivity contribution in [1.82, 2.24) is 0 Å². The van der Waals surface area contributed by atoms with Gasteiger partial charge in [0.25, 0.3) is 5.69 Å². The fourth-order valence-corrected chi connectivity index (χ4v) is 1.22. The highest BCUT2D eigenvalue weighted by Crippen LogP contribution is 2.43. The third-order valence-corrected chi connectivity index (χ3v) is 2.21. The number of alkyl halides is 5. The van der Waals surface area contributed by atoms with Gasteiger partial charge in [0.05, 0.1) is 4.92 Å². The zero-order chi connectivity index (χ0) is 14.1. The van der Waals surface area contributed by atoms with Crippen LogP contribution in [0.4, 0.5) is 27.6 Å². The lowest BCUT2D eigenvalue weighted by molar-refractivity contribution is -0.385. The molecule has 0 aliphatic heterocycles. The number of nitrogens with zero attached hydrogens (tertiary/aromatic N) is 1. The van der Waals surface area contributed by atoms with E-state index in [1.165, 1.54) is 0 Å². The van der Waals surface area contributed by atoms with Crippen molar-refractivity contribution in [3.05, 3.63) is 39.9 Å². The molecule has 0 saturated heterocycles. The third kappa shape index (κ3) is 3.51. The van der Waals surface area contributed by atoms with E-state index in [1.807, 2.05) is 0 Å². The maximum Gasteiger partial charge on any atom is 0.455 e. The molecule has 1 aromatic rings. The van der Waals surface area contributed by atoms with Crippen LogP contribution in [0.1, 0.15) is 11.6 Å². The average molecular weight is 307 g/mol. The molecule has 1 rings (SSSR count). The molecule has 0 saturated carbocycles. The lowest BCUT2D eigenvalue weighted by atomic mass is 10.0. The van der Waals surface area contributed by atoms with E-state index < -0.39 is 34.3 Å². The molecule has 108 valence electrons. The predicted molar refractivity (Wildman–Crippen MR) is 58.3 cm³/mol. The predicted octanol–water partition coefficient (Wildman–Crippen LogP) is 3.21. The number of halogens is 6. The summed E-state index contributed by atoms with van der Waals surface area (Å²) < 4.78 is 62.0. The standard InChI is InChI=1S/C9H7F5N2O2.ClH/c10-8(11,9(12,13)14)7(15)5-2-1-3-6(4-5)16(17)18;/h1-4,7H,15H2;1H/t7-;/m1./s1. The van der Waals surface area contributed by atoms with Gasteiger partial charge in [-0.3, -0.25) is 10.1 Å². The molecule has 10 heteroatoms. The number of rotatable bonds is 3. The lowest BCUT2D eigenvalue weighted by Crippen LogP contribution is -2.45. The highest BCUT2D eigenvalue weighted by atomic mass is 35.5. The molecule has 4 nitrogen and oxygen atoms in total. The second-order valence-electron chi connectivity index (χ2n) is 3.45. The molecule has 0 bridgehead atoms. The summed E-state index contributed by atoms with van der Waals surface area (Å²) in [6.07, 6.45) is -5.82. The molecular formula is C9H8ClF5N2O2. The first-order valence-electron chi connectivity index (χ1n) is 4.52. The van der Waals surface area contributed by atoms with E-state index in [1.54, 1.807) is 0 Å². The van der Waals surface area contributed by atoms with Crippen LogP contribution in [0.5, 0.6) is 0 Å². The molecule has 1 aromatic carbocycles. The normalized spacial score (nSPS) is 13.6. The molecule has 0 fully saturated rings. The van der Waals surface area contributed by atoms with E-state index in [2.05, 4.69) is 0 Å². The van der Waals surface area contributed by atoms with Crippen molar-refractivity contribution in [2.24, 2.45) is 5.73 Å². The molecule has 0 unspecified atom stereocenters. The Hall–Kier alpha value is -1.48. The summed E-state index contributed by atoms with van der Waals surface area (Å²) in [4.78, 5) is 9.46. The number of nitrogens with two attached hydrogens (primary N) is 1. The van der Waals surface area contributed by atoms with Crippen LogP contribution in [0.3, 0.4) is 0 Å². The van der Waals surface area contributed by atoms with E-state index in [4.69, 9.17) is 5.73 Å². The smallest absolute Gasteiger partial charge is 0.319 e. The number of benzene rings is 1. The zero-order valence-electron chi connectivity index (χ0n) is 9.03. The lowest BCUT2D eigenvalue weighted by Gasteiger charge is -2.25. The van der Waals surface area contributed by atoms with Crippen molar-refractivity contribution in [2.75, 3.05) is 0 Å². The van der Waals surface area contributed by atoms with E-state index in [9.17, 15) is 32.1 Å². The number of hydrogen-bond acceptors (Lipinski definition) is 3. The Bertz CT molecular complexity index is 466. The summed E-state index contributed by atoms with van der Waals surface area (Å²) in [5.41, 5.74) is 3.56. The molecular weight excluding hydrogens is 299 g/mol. The summed E-state index contributed by atoms with van der Waals surface area (Å²) in [5, 5.41) is 10.4. The summed E-state index contributed by atoms with van der Waals surface area (Å²) in [7, 11) is 0. The van der Waals surface area contributed by atoms with Gasteiger partial charge < -0.3 is 5.73 Å². The van der Waals surface area contributed by atoms with Gasteiger partial charge in [0.1, 0.15) is 6.04 Å². The number of hydrogen-bond donors (Lipinski definition) is 1. The quantitative estimate of drug-likeness (QED) is 0.529. The summed E-state index contributed by atoms with van der Waals surface area (Å²) in [6.45, 7) is 0. The van der Waals surface area contributed by atoms with Gasteiger partial charge in [0.15, 0.2) is 0 Å². The van der Waals surface area contributed by atoms with Gasteiger partial charge in [-0.1, -0.05) is 12.1 Å². The van der Waals surface area contributed by atoms with E-state index in [0.717, 1.165) is 18.2 Å². The maximum atomic E-state index is 12.9. The van der Waals surface area contributed by atoms with Crippen LogP contribution in [0.2, 0.25) is 0 Å². The Morgan fingerprint density at radius 2 is 1.74 bits per heavy atom. The van der Waals surface area contributed by atoms with Crippen molar-refractivity contribution in [1.29, 1.82) is 0 Å². The van der Waals surface area contributed by atoms with Crippen LogP contribution in [0.15, 0.2) is 24.3 Å². The molecule has 0 amide bonds. The highest BCUT2D eigenvalue weighted by Gasteiger charge is 2.61. The third-order valence-electron chi connectivity index (χ3n) is 2.21. The first-order valence-corrected chi connectivity index (χ1v) is 4.52.